The Labute approximate surface area is 575 Å². The molecule has 0 saturated carbocycles. The topological polar surface area (TPSA) is 27.1 Å². The zero-order valence-corrected chi connectivity index (χ0v) is 62.8. The van der Waals surface area contributed by atoms with Crippen molar-refractivity contribution >= 4 is 11.9 Å². The summed E-state index contributed by atoms with van der Waals surface area (Å²) in [6, 6.07) is 75.1. The van der Waals surface area contributed by atoms with Crippen molar-refractivity contribution in [2.24, 2.45) is 0 Å². The van der Waals surface area contributed by atoms with Gasteiger partial charge in [0.15, 0.2) is 0 Å². The number of rotatable bonds is 12. The average molecular weight is 1270 g/mol. The van der Waals surface area contributed by atoms with E-state index in [1.807, 2.05) is 0 Å². The highest BCUT2D eigenvalue weighted by molar-refractivity contribution is 5.92. The molecule has 2 saturated heterocycles. The van der Waals surface area contributed by atoms with Gasteiger partial charge in [-0.2, -0.15) is 0 Å². The molecule has 0 aromatic heterocycles. The summed E-state index contributed by atoms with van der Waals surface area (Å²) in [7, 11) is 0. The van der Waals surface area contributed by atoms with Crippen LogP contribution >= 0.6 is 0 Å². The number of hydrogen-bond donors (Lipinski definition) is 0. The fourth-order valence-electron chi connectivity index (χ4n) is 14.0. The van der Waals surface area contributed by atoms with Crippen molar-refractivity contribution in [1.82, 2.24) is 24.3 Å². The van der Waals surface area contributed by atoms with Gasteiger partial charge in [-0.15, -0.1) is 0 Å². The quantitative estimate of drug-likeness (QED) is 0.114. The lowest BCUT2D eigenvalue weighted by molar-refractivity contribution is 0.263. The smallest absolute Gasteiger partial charge is 0.268 e. The summed E-state index contributed by atoms with van der Waals surface area (Å²) in [6.45, 7) is 59.4. The Morgan fingerprint density at radius 1 is 0.221 bits per heavy atom. The summed E-state index contributed by atoms with van der Waals surface area (Å²) in [6.07, 6.45) is 0. The van der Waals surface area contributed by atoms with Crippen molar-refractivity contribution in [3.63, 3.8) is 0 Å². The minimum Gasteiger partial charge on any atom is -0.268 e. The fourth-order valence-corrected chi connectivity index (χ4v) is 14.0. The highest BCUT2D eigenvalue weighted by atomic mass is 15.5. The normalized spacial score (nSPS) is 17.9. The van der Waals surface area contributed by atoms with Gasteiger partial charge in [0.1, 0.15) is 24.2 Å². The van der Waals surface area contributed by atoms with Crippen LogP contribution in [0.3, 0.4) is 0 Å². The van der Waals surface area contributed by atoms with Gasteiger partial charge in [-0.25, -0.2) is 4.67 Å². The average Bonchev–Trinajstić information content (AvgIpc) is 1.57. The summed E-state index contributed by atoms with van der Waals surface area (Å²) >= 11 is 0. The molecule has 5 heteroatoms. The van der Waals surface area contributed by atoms with E-state index in [2.05, 4.69) is 380 Å². The Morgan fingerprint density at radius 3 is 0.505 bits per heavy atom. The molecule has 2 aliphatic rings. The van der Waals surface area contributed by atoms with E-state index in [9.17, 15) is 0 Å². The molecule has 2 heterocycles. The molecule has 500 valence electrons. The molecule has 0 spiro atoms. The summed E-state index contributed by atoms with van der Waals surface area (Å²) in [5.74, 6) is 1.93. The molecule has 10 rings (SSSR count). The Kier molecular flexibility index (Phi) is 19.3. The van der Waals surface area contributed by atoms with Gasteiger partial charge >= 0.3 is 11.9 Å². The lowest BCUT2D eigenvalue weighted by Crippen LogP contribution is -2.42. The lowest BCUT2D eigenvalue weighted by Gasteiger charge is -2.29. The first-order valence-electron chi connectivity index (χ1n) is 35.4. The van der Waals surface area contributed by atoms with Crippen LogP contribution in [0.1, 0.15) is 279 Å². The minimum atomic E-state index is -0.156. The zero-order chi connectivity index (χ0) is 69.2. The Hall–Kier alpha value is -7.59. The molecule has 8 aromatic rings. The van der Waals surface area contributed by atoms with E-state index in [0.29, 0.717) is 26.2 Å². The third-order valence-electron chi connectivity index (χ3n) is 20.0. The van der Waals surface area contributed by atoms with E-state index in [-0.39, 0.29) is 67.5 Å². The van der Waals surface area contributed by atoms with Crippen LogP contribution < -0.4 is 4.67 Å². The largest absolute Gasteiger partial charge is 0.375 e. The lowest BCUT2D eigenvalue weighted by atomic mass is 9.79. The molecule has 0 aliphatic carbocycles. The second kappa shape index (κ2) is 26.1. The third kappa shape index (κ3) is 16.0. The first-order valence-corrected chi connectivity index (χ1v) is 35.4. The summed E-state index contributed by atoms with van der Waals surface area (Å²) in [5.41, 5.74) is 20.2. The van der Waals surface area contributed by atoms with Gasteiger partial charge < -0.3 is 0 Å². The number of hydrogen-bond acceptors (Lipinski definition) is 0. The highest BCUT2D eigenvalue weighted by Crippen LogP contribution is 2.50. The molecule has 0 radical (unpaired) electrons. The van der Waals surface area contributed by atoms with E-state index in [4.69, 9.17) is 4.67 Å². The fraction of sp³-hybridized carbons (Fsp3) is 0.444. The summed E-state index contributed by atoms with van der Waals surface area (Å²) in [4.78, 5) is 11.0. The highest BCUT2D eigenvalue weighted by Gasteiger charge is 2.55. The van der Waals surface area contributed by atoms with Crippen molar-refractivity contribution in [2.45, 2.75) is 260 Å². The maximum atomic E-state index is 6.79. The van der Waals surface area contributed by atoms with Crippen LogP contribution in [0.4, 0.5) is 0 Å². The molecule has 0 amide bonds. The third-order valence-corrected chi connectivity index (χ3v) is 20.0. The predicted molar refractivity (Wildman–Crippen MR) is 406 cm³/mol. The first kappa shape index (κ1) is 70.2. The molecule has 0 N–H and O–H groups in total. The van der Waals surface area contributed by atoms with E-state index >= 15 is 0 Å². The van der Waals surface area contributed by atoms with Crippen LogP contribution in [-0.2, 0) is 69.5 Å². The maximum absolute atomic E-state index is 6.79. The second-order valence-corrected chi connectivity index (χ2v) is 36.3. The maximum Gasteiger partial charge on any atom is 0.375 e. The van der Waals surface area contributed by atoms with Crippen molar-refractivity contribution in [1.29, 1.82) is 0 Å². The van der Waals surface area contributed by atoms with E-state index < -0.39 is 0 Å². The van der Waals surface area contributed by atoms with Gasteiger partial charge in [0, 0.05) is 0 Å². The Balaban J connectivity index is 1.43. The van der Waals surface area contributed by atoms with Gasteiger partial charge in [0.25, 0.3) is 0 Å². The van der Waals surface area contributed by atoms with E-state index in [0.717, 1.165) is 11.9 Å². The molecule has 5 nitrogen and oxygen atoms in total. The molecular formula is C90H116N5+. The monoisotopic (exact) mass is 1270 g/mol. The van der Waals surface area contributed by atoms with Crippen molar-refractivity contribution in [3.05, 3.63) is 283 Å². The Bertz CT molecular complexity index is 3390. The molecule has 95 heavy (non-hydrogen) atoms. The number of guanidine groups is 2. The van der Waals surface area contributed by atoms with E-state index in [1.54, 1.807) is 0 Å². The van der Waals surface area contributed by atoms with Crippen LogP contribution in [0, 0.1) is 0 Å². The summed E-state index contributed by atoms with van der Waals surface area (Å²) < 4.78 is 6.79. The Morgan fingerprint density at radius 2 is 0.368 bits per heavy atom. The molecule has 0 unspecified atom stereocenters. The van der Waals surface area contributed by atoms with Crippen LogP contribution in [-0.4, -0.2) is 31.5 Å². The van der Waals surface area contributed by atoms with Crippen LogP contribution in [0.2, 0.25) is 0 Å². The number of nitrogens with zero attached hydrogens (tertiary/aromatic N) is 5. The SMILES string of the molecule is CC(C)(C)c1cc(CN2C(=[N+]=C3N(Cc4cc(C(C)(C)C)cc(C(C)(C)C)c4)[C@@H](c4ccccc4)[C@H](c4ccccc4)N3Cc3cc(C(C)(C)C)cc(C(C)(C)C)c3)N(Cc3cc(C(C)(C)C)cc(C(C)(C)C)c3)[C@@H](c3ccccc3)[C@@H]2c2ccccc2)cc(C(C)(C)C)c1. The van der Waals surface area contributed by atoms with Gasteiger partial charge in [-0.05, 0) is 132 Å². The van der Waals surface area contributed by atoms with Crippen LogP contribution in [0.5, 0.6) is 0 Å². The van der Waals surface area contributed by atoms with Crippen molar-refractivity contribution < 1.29 is 0 Å². The zero-order valence-electron chi connectivity index (χ0n) is 62.8. The molecular weight excluding hydrogens is 1150 g/mol. The molecule has 8 aromatic carbocycles. The van der Waals surface area contributed by atoms with Gasteiger partial charge in [0.2, 0.25) is 0 Å². The predicted octanol–water partition coefficient (Wildman–Crippen LogP) is 22.1. The molecule has 2 fully saturated rings. The van der Waals surface area contributed by atoms with E-state index in [1.165, 1.54) is 89.0 Å². The molecule has 0 bridgehead atoms. The van der Waals surface area contributed by atoms with Crippen LogP contribution in [0.15, 0.2) is 194 Å². The van der Waals surface area contributed by atoms with Crippen molar-refractivity contribution in [3.8, 4) is 0 Å². The number of benzene rings is 8. The minimum absolute atomic E-state index is 0.0912. The molecule has 2 aliphatic heterocycles. The standard InChI is InChI=1S/C90H116N5/c1-83(2,3)69-45-61(46-70(53-69)84(4,5)6)57-92-77(65-37-29-25-30-38-65)78(66-39-31-26-32-40-66)93(58-62-47-71(85(7,8)9)54-72(48-62)86(10,11)12)81(92)91-82-94(59-63-49-73(87(13,14)15)55-74(50-63)88(16,17)18)79(67-41-33-27-34-42-67)80(68-43-35-28-36-44-68)95(82)60-64-51-75(89(19,20)21)56-76(52-64)90(22,23)24/h25-56,77-80H,57-60H2,1-24H3/q+1/t77-,78-,79-,80-/m0/s1. The first-order chi connectivity index (χ1) is 44.1. The molecule has 4 atom stereocenters. The van der Waals surface area contributed by atoms with Gasteiger partial charge in [-0.3, -0.25) is 19.6 Å². The van der Waals surface area contributed by atoms with Gasteiger partial charge in [0.05, 0.1) is 26.2 Å². The summed E-state index contributed by atoms with van der Waals surface area (Å²) in [5, 5.41) is 0. The second-order valence-electron chi connectivity index (χ2n) is 36.3. The van der Waals surface area contributed by atoms with Crippen molar-refractivity contribution in [2.75, 3.05) is 0 Å². The van der Waals surface area contributed by atoms with Gasteiger partial charge in [-0.1, -0.05) is 360 Å². The van der Waals surface area contributed by atoms with Crippen LogP contribution in [0.25, 0.3) is 0 Å².